The molecule has 0 unspecified atom stereocenters. The molecule has 0 saturated heterocycles. The highest BCUT2D eigenvalue weighted by Gasteiger charge is 2.33. The van der Waals surface area contributed by atoms with E-state index >= 15 is 0 Å². The summed E-state index contributed by atoms with van der Waals surface area (Å²) in [6.45, 7) is 2.12. The number of hydrogen-bond acceptors (Lipinski definition) is 8. The molecule has 3 aromatic rings. The van der Waals surface area contributed by atoms with Crippen LogP contribution in [0.15, 0.2) is 69.6 Å². The van der Waals surface area contributed by atoms with E-state index in [1.165, 1.54) is 18.4 Å². The van der Waals surface area contributed by atoms with Crippen LogP contribution in [0.4, 0.5) is 0 Å². The van der Waals surface area contributed by atoms with E-state index in [0.717, 1.165) is 11.1 Å². The topological polar surface area (TPSA) is 88.4 Å². The number of esters is 1. The number of carbonyl (C=O) groups is 1. The smallest absolute Gasteiger partial charge is 0.338 e. The van der Waals surface area contributed by atoms with Gasteiger partial charge in [-0.2, -0.15) is 0 Å². The van der Waals surface area contributed by atoms with Gasteiger partial charge in [0, 0.05) is 12.7 Å². The van der Waals surface area contributed by atoms with E-state index < -0.39 is 12.0 Å². The lowest BCUT2D eigenvalue weighted by atomic mass is 9.96. The van der Waals surface area contributed by atoms with Crippen molar-refractivity contribution in [3.8, 4) is 11.5 Å². The molecule has 8 nitrogen and oxygen atoms in total. The summed E-state index contributed by atoms with van der Waals surface area (Å²) >= 11 is 1.26. The standard InChI is InChI=1S/C26H26N2O6S/c1-16-22(25(30)34-14-13-31-2)23(17-9-11-19(32-3)12-10-17)28-24(29)21(35-26(28)27-16)15-18-7-5-6-8-20(18)33-4/h5-12,15,23H,13-14H2,1-4H3/t23-/m0/s1. The largest absolute Gasteiger partial charge is 0.497 e. The highest BCUT2D eigenvalue weighted by Crippen LogP contribution is 2.31. The third-order valence-electron chi connectivity index (χ3n) is 5.62. The van der Waals surface area contributed by atoms with Crippen molar-refractivity contribution in [1.82, 2.24) is 4.57 Å². The SMILES string of the molecule is COCCOC(=O)C1=C(C)N=c2sc(=Cc3ccccc3OC)c(=O)n2[C@H]1c1ccc(OC)cc1. The molecule has 0 radical (unpaired) electrons. The van der Waals surface area contributed by atoms with E-state index in [4.69, 9.17) is 18.9 Å². The van der Waals surface area contributed by atoms with E-state index in [-0.39, 0.29) is 18.8 Å². The Kier molecular flexibility index (Phi) is 7.48. The summed E-state index contributed by atoms with van der Waals surface area (Å²) in [5, 5.41) is 0. The Balaban J connectivity index is 1.89. The lowest BCUT2D eigenvalue weighted by Crippen LogP contribution is -2.40. The number of fused-ring (bicyclic) bond motifs is 1. The summed E-state index contributed by atoms with van der Waals surface area (Å²) in [4.78, 5) is 31.9. The van der Waals surface area contributed by atoms with Gasteiger partial charge in [-0.1, -0.05) is 41.7 Å². The molecule has 4 rings (SSSR count). The first-order valence-electron chi connectivity index (χ1n) is 10.9. The molecule has 0 saturated carbocycles. The van der Waals surface area contributed by atoms with Gasteiger partial charge in [0.2, 0.25) is 0 Å². The zero-order valence-corrected chi connectivity index (χ0v) is 20.8. The predicted molar refractivity (Wildman–Crippen MR) is 133 cm³/mol. The Bertz CT molecular complexity index is 1440. The third-order valence-corrected chi connectivity index (χ3v) is 6.60. The normalized spacial score (nSPS) is 15.4. The maximum absolute atomic E-state index is 13.7. The van der Waals surface area contributed by atoms with Crippen molar-refractivity contribution < 1.29 is 23.7 Å². The predicted octanol–water partition coefficient (Wildman–Crippen LogP) is 2.44. The van der Waals surface area contributed by atoms with Gasteiger partial charge in [-0.25, -0.2) is 9.79 Å². The summed E-state index contributed by atoms with van der Waals surface area (Å²) in [6.07, 6.45) is 1.78. The molecule has 0 amide bonds. The number of benzene rings is 2. The van der Waals surface area contributed by atoms with E-state index in [0.29, 0.717) is 32.1 Å². The molecule has 1 aromatic heterocycles. The first-order valence-corrected chi connectivity index (χ1v) is 11.8. The van der Waals surface area contributed by atoms with Gasteiger partial charge in [0.25, 0.3) is 5.56 Å². The number of nitrogens with zero attached hydrogens (tertiary/aromatic N) is 2. The number of ether oxygens (including phenoxy) is 4. The van der Waals surface area contributed by atoms with Gasteiger partial charge in [-0.3, -0.25) is 9.36 Å². The monoisotopic (exact) mass is 494 g/mol. The number of carbonyl (C=O) groups excluding carboxylic acids is 1. The van der Waals surface area contributed by atoms with Gasteiger partial charge in [0.15, 0.2) is 4.80 Å². The summed E-state index contributed by atoms with van der Waals surface area (Å²) in [5.74, 6) is 0.786. The van der Waals surface area contributed by atoms with Crippen molar-refractivity contribution >= 4 is 23.4 Å². The molecule has 1 aliphatic heterocycles. The average Bonchev–Trinajstić information content (AvgIpc) is 3.17. The molecule has 0 aliphatic carbocycles. The van der Waals surface area contributed by atoms with Crippen LogP contribution in [0.25, 0.3) is 6.08 Å². The van der Waals surface area contributed by atoms with Crippen molar-refractivity contribution in [2.75, 3.05) is 34.5 Å². The molecule has 2 heterocycles. The van der Waals surface area contributed by atoms with E-state index in [1.807, 2.05) is 36.4 Å². The maximum atomic E-state index is 13.7. The minimum absolute atomic E-state index is 0.0969. The van der Waals surface area contributed by atoms with Crippen molar-refractivity contribution in [3.63, 3.8) is 0 Å². The van der Waals surface area contributed by atoms with Crippen molar-refractivity contribution in [1.29, 1.82) is 0 Å². The highest BCUT2D eigenvalue weighted by molar-refractivity contribution is 7.07. The minimum Gasteiger partial charge on any atom is -0.497 e. The molecule has 0 bridgehead atoms. The number of methoxy groups -OCH3 is 3. The molecular formula is C26H26N2O6S. The molecule has 9 heteroatoms. The molecule has 0 spiro atoms. The molecular weight excluding hydrogens is 468 g/mol. The zero-order valence-electron chi connectivity index (χ0n) is 19.9. The van der Waals surface area contributed by atoms with Gasteiger partial charge in [-0.15, -0.1) is 0 Å². The Hall–Kier alpha value is -3.69. The quantitative estimate of drug-likeness (QED) is 0.353. The van der Waals surface area contributed by atoms with Crippen LogP contribution in [-0.2, 0) is 14.3 Å². The average molecular weight is 495 g/mol. The fourth-order valence-corrected chi connectivity index (χ4v) is 4.94. The van der Waals surface area contributed by atoms with Crippen LogP contribution >= 0.6 is 11.3 Å². The van der Waals surface area contributed by atoms with Crippen LogP contribution in [0.1, 0.15) is 24.1 Å². The van der Waals surface area contributed by atoms with Crippen LogP contribution in [0, 0.1) is 0 Å². The summed E-state index contributed by atoms with van der Waals surface area (Å²) in [7, 11) is 4.70. The minimum atomic E-state index is -0.702. The van der Waals surface area contributed by atoms with Gasteiger partial charge in [0.05, 0.1) is 42.7 Å². The van der Waals surface area contributed by atoms with Crippen molar-refractivity contribution in [2.24, 2.45) is 4.99 Å². The Labute approximate surface area is 206 Å². The molecule has 0 fully saturated rings. The number of allylic oxidation sites excluding steroid dienone is 1. The molecule has 1 atom stereocenters. The number of thiazole rings is 1. The first-order chi connectivity index (χ1) is 17.0. The number of hydrogen-bond donors (Lipinski definition) is 0. The van der Waals surface area contributed by atoms with E-state index in [9.17, 15) is 9.59 Å². The summed E-state index contributed by atoms with van der Waals surface area (Å²) < 4.78 is 23.2. The molecule has 182 valence electrons. The van der Waals surface area contributed by atoms with Crippen LogP contribution < -0.4 is 24.4 Å². The van der Waals surface area contributed by atoms with Crippen LogP contribution in [-0.4, -0.2) is 45.1 Å². The second kappa shape index (κ2) is 10.7. The van der Waals surface area contributed by atoms with Crippen molar-refractivity contribution in [2.45, 2.75) is 13.0 Å². The Morgan fingerprint density at radius 3 is 2.49 bits per heavy atom. The molecule has 2 aromatic carbocycles. The summed E-state index contributed by atoms with van der Waals surface area (Å²) in [5.41, 5.74) is 2.07. The first kappa shape index (κ1) is 24.4. The second-order valence-electron chi connectivity index (χ2n) is 7.73. The van der Waals surface area contributed by atoms with E-state index in [1.54, 1.807) is 43.9 Å². The van der Waals surface area contributed by atoms with Gasteiger partial charge < -0.3 is 18.9 Å². The third kappa shape index (κ3) is 4.91. The number of para-hydroxylation sites is 1. The van der Waals surface area contributed by atoms with Crippen LogP contribution in [0.2, 0.25) is 0 Å². The van der Waals surface area contributed by atoms with E-state index in [2.05, 4.69) is 4.99 Å². The fraction of sp³-hybridized carbons (Fsp3) is 0.269. The lowest BCUT2D eigenvalue weighted by Gasteiger charge is -2.25. The Morgan fingerprint density at radius 1 is 1.06 bits per heavy atom. The van der Waals surface area contributed by atoms with Gasteiger partial charge in [-0.05, 0) is 36.8 Å². The summed E-state index contributed by atoms with van der Waals surface area (Å²) in [6, 6.07) is 14.0. The van der Waals surface area contributed by atoms with Crippen molar-refractivity contribution in [3.05, 3.63) is 90.6 Å². The lowest BCUT2D eigenvalue weighted by molar-refractivity contribution is -0.140. The van der Waals surface area contributed by atoms with Crippen LogP contribution in [0.5, 0.6) is 11.5 Å². The number of aromatic nitrogens is 1. The molecule has 35 heavy (non-hydrogen) atoms. The fourth-order valence-electron chi connectivity index (χ4n) is 3.91. The second-order valence-corrected chi connectivity index (χ2v) is 8.73. The van der Waals surface area contributed by atoms with Crippen LogP contribution in [0.3, 0.4) is 0 Å². The molecule has 1 aliphatic rings. The molecule has 0 N–H and O–H groups in total. The maximum Gasteiger partial charge on any atom is 0.338 e. The zero-order chi connectivity index (χ0) is 24.9. The number of rotatable bonds is 8. The van der Waals surface area contributed by atoms with Gasteiger partial charge >= 0.3 is 5.97 Å². The Morgan fingerprint density at radius 2 is 1.80 bits per heavy atom. The van der Waals surface area contributed by atoms with Gasteiger partial charge in [0.1, 0.15) is 18.1 Å². The highest BCUT2D eigenvalue weighted by atomic mass is 32.1.